The Labute approximate surface area is 603 Å². The third kappa shape index (κ3) is 21.3. The van der Waals surface area contributed by atoms with Crippen LogP contribution in [0.3, 0.4) is 0 Å². The van der Waals surface area contributed by atoms with Crippen LogP contribution in [0, 0.1) is 23.7 Å². The van der Waals surface area contributed by atoms with Gasteiger partial charge in [-0.2, -0.15) is 8.42 Å². The van der Waals surface area contributed by atoms with Crippen molar-refractivity contribution in [3.63, 3.8) is 0 Å². The number of unbranched alkanes of at least 4 members (excludes halogenated alkanes) is 9. The number of rotatable bonds is 23. The van der Waals surface area contributed by atoms with Crippen molar-refractivity contribution < 1.29 is 119 Å². The van der Waals surface area contributed by atoms with Crippen molar-refractivity contribution in [2.75, 3.05) is 48.6 Å². The standard InChI is InChI=1S/C40H71NO14.C23H22O7.C12H26O4S/c1-15-27-40(11,48)33(44)22(5)30(43)20(3)18-38(9,47)35(55-37-32(53-28(42)16-2)26(41(12)13)17-21(4)50-37)23(6)31(24(7)36(46)52-27)54-29-19-39(10,49-14)34(45)25(8)51-29;1-23(2)6-5-11-15(30-23)8-13(24)20-21(25)19-12-7-16(26-3)17(27-4)9-14(12)28-10-18(19)29-22(11)20;1-2-3-4-5-6-7-8-9-10-11-12-16-17(13,14)15/h20-27,29,31-35,37,44-45,47-48H,15-19H2,1-14H3;5-9,18-19,24H,10H2,1-4H3;2-12H2,1H3,(H,13,14,15). The van der Waals surface area contributed by atoms with Crippen molar-refractivity contribution in [1.29, 1.82) is 0 Å². The molecule has 0 spiro atoms. The maximum absolute atomic E-state index is 14.2. The molecule has 102 heavy (non-hydrogen) atoms. The highest BCUT2D eigenvalue weighted by Crippen LogP contribution is 2.53. The van der Waals surface area contributed by atoms with E-state index in [1.54, 1.807) is 67.7 Å². The van der Waals surface area contributed by atoms with Gasteiger partial charge in [-0.3, -0.25) is 23.7 Å². The number of phenolic OH excluding ortho intramolecular Hbond substituents is 1. The van der Waals surface area contributed by atoms with E-state index in [-0.39, 0.29) is 68.1 Å². The van der Waals surface area contributed by atoms with Crippen molar-refractivity contribution in [2.45, 2.75) is 295 Å². The number of benzene rings is 2. The molecule has 27 heteroatoms. The molecule has 0 bridgehead atoms. The van der Waals surface area contributed by atoms with Crippen LogP contribution in [-0.2, 0) is 62.1 Å². The number of phenols is 1. The Morgan fingerprint density at radius 1 is 0.755 bits per heavy atom. The lowest BCUT2D eigenvalue weighted by molar-refractivity contribution is -0.319. The number of ketones is 2. The normalized spacial score (nSPS) is 33.8. The quantitative estimate of drug-likeness (QED) is 0.0342. The number of aliphatic hydroxyl groups is 4. The maximum Gasteiger partial charge on any atom is 0.397 e. The fourth-order valence-electron chi connectivity index (χ4n) is 14.8. The van der Waals surface area contributed by atoms with Gasteiger partial charge in [0.25, 0.3) is 0 Å². The van der Waals surface area contributed by atoms with Gasteiger partial charge >= 0.3 is 22.3 Å². The fourth-order valence-corrected chi connectivity index (χ4v) is 15.1. The van der Waals surface area contributed by atoms with Crippen molar-refractivity contribution in [3.05, 3.63) is 41.0 Å². The van der Waals surface area contributed by atoms with E-state index in [4.69, 9.17) is 61.4 Å². The molecule has 20 atom stereocenters. The molecule has 3 saturated heterocycles. The zero-order valence-electron chi connectivity index (χ0n) is 63.5. The Hall–Kier alpha value is -5.27. The summed E-state index contributed by atoms with van der Waals surface area (Å²) in [5.41, 5.74) is -3.99. The highest BCUT2D eigenvalue weighted by molar-refractivity contribution is 7.80. The van der Waals surface area contributed by atoms with E-state index in [1.165, 1.54) is 86.0 Å². The number of hydrogen-bond donors (Lipinski definition) is 6. The van der Waals surface area contributed by atoms with Gasteiger partial charge in [-0.15, -0.1) is 0 Å². The van der Waals surface area contributed by atoms with Crippen LogP contribution in [0.2, 0.25) is 0 Å². The number of ether oxygens (including phenoxy) is 12. The molecule has 2 aromatic carbocycles. The van der Waals surface area contributed by atoms with Gasteiger partial charge in [-0.05, 0) is 113 Å². The molecule has 26 nitrogen and oxygen atoms in total. The molecule has 0 radical (unpaired) electrons. The lowest BCUT2D eigenvalue weighted by atomic mass is 9.74. The molecular formula is C75H119NO25S. The summed E-state index contributed by atoms with van der Waals surface area (Å²) in [4.78, 5) is 56.4. The van der Waals surface area contributed by atoms with Crippen molar-refractivity contribution in [1.82, 2.24) is 4.90 Å². The van der Waals surface area contributed by atoms with Crippen LogP contribution >= 0.6 is 0 Å². The average Bonchev–Trinajstić information content (AvgIpc) is 0.728. The van der Waals surface area contributed by atoms with E-state index in [1.807, 2.05) is 51.9 Å². The number of aromatic hydroxyl groups is 1. The molecule has 2 aromatic rings. The predicted molar refractivity (Wildman–Crippen MR) is 378 cm³/mol. The minimum Gasteiger partial charge on any atom is -0.507 e. The maximum atomic E-state index is 14.2. The van der Waals surface area contributed by atoms with Gasteiger partial charge in [0, 0.05) is 55.4 Å². The molecule has 0 saturated carbocycles. The second-order valence-electron chi connectivity index (χ2n) is 29.8. The van der Waals surface area contributed by atoms with Gasteiger partial charge in [0.05, 0.1) is 86.0 Å². The first kappa shape index (κ1) is 85.7. The molecule has 6 N–H and O–H groups in total. The Morgan fingerprint density at radius 3 is 1.95 bits per heavy atom. The van der Waals surface area contributed by atoms with Gasteiger partial charge in [-0.1, -0.05) is 99.3 Å². The van der Waals surface area contributed by atoms with E-state index in [0.717, 1.165) is 12.8 Å². The third-order valence-corrected chi connectivity index (χ3v) is 21.3. The molecule has 6 heterocycles. The minimum atomic E-state index is -4.23. The summed E-state index contributed by atoms with van der Waals surface area (Å²) in [5, 5.41) is 57.3. The monoisotopic (exact) mass is 1470 g/mol. The number of aliphatic hydroxyl groups excluding tert-OH is 2. The van der Waals surface area contributed by atoms with E-state index in [0.29, 0.717) is 52.7 Å². The largest absolute Gasteiger partial charge is 0.507 e. The number of methoxy groups -OCH3 is 3. The highest BCUT2D eigenvalue weighted by atomic mass is 32.3. The van der Waals surface area contributed by atoms with Gasteiger partial charge in [0.2, 0.25) is 0 Å². The first-order valence-corrected chi connectivity index (χ1v) is 37.7. The summed E-state index contributed by atoms with van der Waals surface area (Å²) < 4.78 is 105. The average molecular weight is 1470 g/mol. The van der Waals surface area contributed by atoms with Gasteiger partial charge in [-0.25, -0.2) is 4.18 Å². The Balaban J connectivity index is 0.000000286. The SMILES string of the molecule is CCC(=O)OC1C(OC2C(C)C(OC3CC(C)(OC)C(O)C(C)O3)C(C)C(=O)OC(CC)C(C)(O)C(O)C(C)C(=O)C(C)CC2(C)O)OC(C)CC1N(C)C.CCCCCCCCCCCCOS(=O)(=O)O.COc1cc2c(cc1OC)C1C(=O)c3c(O)cc4c(c3OC1CO2)C=CC(C)(C)O4. The molecule has 0 amide bonds. The van der Waals surface area contributed by atoms with Crippen LogP contribution in [0.15, 0.2) is 24.3 Å². The van der Waals surface area contributed by atoms with Gasteiger partial charge in [0.1, 0.15) is 70.5 Å². The molecule has 8 rings (SSSR count). The van der Waals surface area contributed by atoms with Crippen molar-refractivity contribution in [3.8, 4) is 34.5 Å². The summed E-state index contributed by atoms with van der Waals surface area (Å²) in [7, 11) is 4.05. The predicted octanol–water partition coefficient (Wildman–Crippen LogP) is 10.2. The summed E-state index contributed by atoms with van der Waals surface area (Å²) in [5.74, 6) is -4.25. The van der Waals surface area contributed by atoms with Crippen LogP contribution in [0.5, 0.6) is 34.5 Å². The Morgan fingerprint density at radius 2 is 1.37 bits per heavy atom. The van der Waals surface area contributed by atoms with Gasteiger partial charge in [0.15, 0.2) is 36.0 Å². The lowest BCUT2D eigenvalue weighted by Crippen LogP contribution is -2.61. The number of fused-ring (bicyclic) bond motifs is 6. The summed E-state index contributed by atoms with van der Waals surface area (Å²) in [6.45, 7) is 24.3. The van der Waals surface area contributed by atoms with Gasteiger partial charge < -0.3 is 87.3 Å². The smallest absolute Gasteiger partial charge is 0.397 e. The number of carbonyl (C=O) groups excluding carboxylic acids is 4. The van der Waals surface area contributed by atoms with Crippen LogP contribution < -0.4 is 23.7 Å². The van der Waals surface area contributed by atoms with E-state index in [2.05, 4.69) is 11.1 Å². The topological polar surface area (TPSA) is 347 Å². The number of cyclic esters (lactones) is 1. The van der Waals surface area contributed by atoms with Crippen molar-refractivity contribution in [2.24, 2.45) is 23.7 Å². The Bertz CT molecular complexity index is 3250. The summed E-state index contributed by atoms with van der Waals surface area (Å²) in [6.07, 6.45) is 5.41. The molecule has 20 unspecified atom stereocenters. The van der Waals surface area contributed by atoms with Crippen LogP contribution in [0.4, 0.5) is 0 Å². The number of hydrogen-bond acceptors (Lipinski definition) is 25. The second-order valence-corrected chi connectivity index (χ2v) is 30.9. The molecule has 3 fully saturated rings. The third-order valence-electron chi connectivity index (χ3n) is 20.8. The lowest BCUT2D eigenvalue weighted by Gasteiger charge is -2.49. The highest BCUT2D eigenvalue weighted by Gasteiger charge is 2.55. The fraction of sp³-hybridized carbons (Fsp3) is 0.760. The Kier molecular flexibility index (Phi) is 30.9. The van der Waals surface area contributed by atoms with Crippen molar-refractivity contribution >= 4 is 40.0 Å². The molecular weight excluding hydrogens is 1350 g/mol. The summed E-state index contributed by atoms with van der Waals surface area (Å²) in [6, 6.07) is 4.60. The van der Waals surface area contributed by atoms with Crippen LogP contribution in [-0.4, -0.2) is 212 Å². The van der Waals surface area contributed by atoms with Crippen LogP contribution in [0.25, 0.3) is 6.08 Å². The number of nitrogens with zero attached hydrogens (tertiary/aromatic N) is 1. The molecule has 6 aliphatic rings. The molecule has 580 valence electrons. The van der Waals surface area contributed by atoms with E-state index < -0.39 is 142 Å². The number of likely N-dealkylation sites (N-methyl/N-ethyl adjacent to an activating group) is 1. The number of Topliss-reactive ketones (excluding diaryl/α,β-unsaturated/α-hetero) is 2. The first-order valence-electron chi connectivity index (χ1n) is 36.3. The zero-order valence-corrected chi connectivity index (χ0v) is 64.3. The van der Waals surface area contributed by atoms with Crippen LogP contribution in [0.1, 0.15) is 221 Å². The number of esters is 2. The molecule has 0 aliphatic carbocycles. The van der Waals surface area contributed by atoms with E-state index >= 15 is 0 Å². The summed E-state index contributed by atoms with van der Waals surface area (Å²) >= 11 is 0. The van der Waals surface area contributed by atoms with E-state index in [9.17, 15) is 53.1 Å². The number of carbonyl (C=O) groups is 4. The molecule has 6 aliphatic heterocycles. The first-order chi connectivity index (χ1) is 47.7. The zero-order chi connectivity index (χ0) is 76.1. The molecule has 0 aromatic heterocycles. The minimum absolute atomic E-state index is 0.0760. The second kappa shape index (κ2) is 36.8.